The maximum atomic E-state index is 13.1. The molecule has 0 fully saturated rings. The van der Waals surface area contributed by atoms with Crippen LogP contribution in [-0.4, -0.2) is 21.6 Å². The van der Waals surface area contributed by atoms with Crippen LogP contribution in [0.1, 0.15) is 29.7 Å². The van der Waals surface area contributed by atoms with Crippen LogP contribution in [0.2, 0.25) is 0 Å². The van der Waals surface area contributed by atoms with E-state index in [-0.39, 0.29) is 18.5 Å². The van der Waals surface area contributed by atoms with Crippen LogP contribution in [0, 0.1) is 5.82 Å². The van der Waals surface area contributed by atoms with E-state index in [0.717, 1.165) is 18.8 Å². The molecule has 0 aliphatic carbocycles. The summed E-state index contributed by atoms with van der Waals surface area (Å²) in [5.41, 5.74) is 4.02. The Morgan fingerprint density at radius 3 is 2.74 bits per heavy atom. The molecule has 6 heteroatoms. The van der Waals surface area contributed by atoms with Crippen molar-refractivity contribution in [2.24, 2.45) is 0 Å². The van der Waals surface area contributed by atoms with Gasteiger partial charge in [-0.2, -0.15) is 4.98 Å². The zero-order valence-corrected chi connectivity index (χ0v) is 15.1. The fraction of sp³-hybridized carbons (Fsp3) is 0.238. The lowest BCUT2D eigenvalue weighted by Gasteiger charge is -2.37. The van der Waals surface area contributed by atoms with Gasteiger partial charge in [-0.05, 0) is 48.7 Å². The largest absolute Gasteiger partial charge is 0.391 e. The van der Waals surface area contributed by atoms with Crippen molar-refractivity contribution in [1.82, 2.24) is 9.97 Å². The van der Waals surface area contributed by atoms with E-state index in [1.165, 1.54) is 23.3 Å². The summed E-state index contributed by atoms with van der Waals surface area (Å²) in [5.74, 6) is 0.845. The molecule has 1 aromatic heterocycles. The standard InChI is InChI=1S/C21H21FN4O/c1-14-19-5-3-2-4-15(19)10-11-26(14)20-16(13-27)12-23-21(25-20)24-18-8-6-17(22)7-9-18/h2-9,12,14,27H,10-11,13H2,1H3,(H,23,24,25). The average Bonchev–Trinajstić information content (AvgIpc) is 2.70. The zero-order chi connectivity index (χ0) is 18.8. The summed E-state index contributed by atoms with van der Waals surface area (Å²) in [6.07, 6.45) is 2.57. The number of nitrogens with one attached hydrogen (secondary N) is 1. The van der Waals surface area contributed by atoms with E-state index >= 15 is 0 Å². The Kier molecular flexibility index (Phi) is 4.73. The van der Waals surface area contributed by atoms with Crippen molar-refractivity contribution in [2.75, 3.05) is 16.8 Å². The number of rotatable bonds is 4. The van der Waals surface area contributed by atoms with Crippen molar-refractivity contribution >= 4 is 17.5 Å². The van der Waals surface area contributed by atoms with Gasteiger partial charge in [0.1, 0.15) is 11.6 Å². The number of benzene rings is 2. The number of aromatic nitrogens is 2. The van der Waals surface area contributed by atoms with Gasteiger partial charge in [-0.25, -0.2) is 9.37 Å². The lowest BCUT2D eigenvalue weighted by atomic mass is 9.93. The number of anilines is 3. The van der Waals surface area contributed by atoms with Crippen LogP contribution in [0.5, 0.6) is 0 Å². The van der Waals surface area contributed by atoms with Crippen LogP contribution in [0.25, 0.3) is 0 Å². The molecule has 2 N–H and O–H groups in total. The Morgan fingerprint density at radius 2 is 1.96 bits per heavy atom. The van der Waals surface area contributed by atoms with Gasteiger partial charge in [0.25, 0.3) is 0 Å². The van der Waals surface area contributed by atoms with Gasteiger partial charge in [-0.3, -0.25) is 0 Å². The molecular weight excluding hydrogens is 343 g/mol. The van der Waals surface area contributed by atoms with E-state index in [0.29, 0.717) is 17.2 Å². The van der Waals surface area contributed by atoms with Gasteiger partial charge in [0.2, 0.25) is 5.95 Å². The number of aliphatic hydroxyl groups excluding tert-OH is 1. The Labute approximate surface area is 157 Å². The van der Waals surface area contributed by atoms with Gasteiger partial charge in [-0.15, -0.1) is 0 Å². The normalized spacial score (nSPS) is 16.1. The van der Waals surface area contributed by atoms with Crippen LogP contribution in [-0.2, 0) is 13.0 Å². The van der Waals surface area contributed by atoms with Gasteiger partial charge in [0.05, 0.1) is 12.6 Å². The highest BCUT2D eigenvalue weighted by Gasteiger charge is 2.26. The number of halogens is 1. The Bertz CT molecular complexity index is 945. The van der Waals surface area contributed by atoms with Gasteiger partial charge in [-0.1, -0.05) is 24.3 Å². The Hall–Kier alpha value is -2.99. The van der Waals surface area contributed by atoms with Crippen LogP contribution >= 0.6 is 0 Å². The van der Waals surface area contributed by atoms with Crippen LogP contribution in [0.3, 0.4) is 0 Å². The first-order chi connectivity index (χ1) is 13.2. The van der Waals surface area contributed by atoms with Gasteiger partial charge in [0.15, 0.2) is 0 Å². The van der Waals surface area contributed by atoms with Crippen molar-refractivity contribution in [2.45, 2.75) is 26.0 Å². The average molecular weight is 364 g/mol. The zero-order valence-electron chi connectivity index (χ0n) is 15.1. The molecule has 2 heterocycles. The van der Waals surface area contributed by atoms with Gasteiger partial charge < -0.3 is 15.3 Å². The molecule has 1 aliphatic rings. The number of aliphatic hydroxyl groups is 1. The third-order valence-corrected chi connectivity index (χ3v) is 4.98. The monoisotopic (exact) mass is 364 g/mol. The van der Waals surface area contributed by atoms with Crippen molar-refractivity contribution < 1.29 is 9.50 Å². The predicted octanol–water partition coefficient (Wildman–Crippen LogP) is 3.98. The van der Waals surface area contributed by atoms with Crippen LogP contribution < -0.4 is 10.2 Å². The van der Waals surface area contributed by atoms with Gasteiger partial charge in [0, 0.05) is 24.0 Å². The number of nitrogens with zero attached hydrogens (tertiary/aromatic N) is 3. The quantitative estimate of drug-likeness (QED) is 0.733. The molecule has 1 atom stereocenters. The summed E-state index contributed by atoms with van der Waals surface area (Å²) in [6.45, 7) is 2.84. The summed E-state index contributed by atoms with van der Waals surface area (Å²) in [5, 5.41) is 12.9. The van der Waals surface area contributed by atoms with Gasteiger partial charge >= 0.3 is 0 Å². The highest BCUT2D eigenvalue weighted by Crippen LogP contribution is 2.34. The SMILES string of the molecule is CC1c2ccccc2CCN1c1nc(Nc2ccc(F)cc2)ncc1CO. The molecule has 2 aromatic carbocycles. The van der Waals surface area contributed by atoms with Crippen molar-refractivity contribution in [3.05, 3.63) is 77.2 Å². The fourth-order valence-electron chi connectivity index (χ4n) is 3.54. The molecule has 0 bridgehead atoms. The molecule has 0 saturated carbocycles. The van der Waals surface area contributed by atoms with Crippen LogP contribution in [0.4, 0.5) is 21.8 Å². The second-order valence-corrected chi connectivity index (χ2v) is 6.65. The molecule has 4 rings (SSSR count). The first-order valence-corrected chi connectivity index (χ1v) is 8.99. The summed E-state index contributed by atoms with van der Waals surface area (Å²) >= 11 is 0. The highest BCUT2D eigenvalue weighted by atomic mass is 19.1. The van der Waals surface area contributed by atoms with Crippen LogP contribution in [0.15, 0.2) is 54.7 Å². The molecule has 0 amide bonds. The van der Waals surface area contributed by atoms with E-state index in [4.69, 9.17) is 0 Å². The third-order valence-electron chi connectivity index (χ3n) is 4.98. The van der Waals surface area contributed by atoms with Crippen molar-refractivity contribution in [3.63, 3.8) is 0 Å². The van der Waals surface area contributed by atoms with E-state index in [9.17, 15) is 9.50 Å². The molecule has 1 unspecified atom stereocenters. The lowest BCUT2D eigenvalue weighted by Crippen LogP contribution is -2.35. The summed E-state index contributed by atoms with van der Waals surface area (Å²) in [4.78, 5) is 11.1. The Morgan fingerprint density at radius 1 is 1.19 bits per heavy atom. The number of fused-ring (bicyclic) bond motifs is 1. The molecule has 0 saturated heterocycles. The molecule has 138 valence electrons. The molecular formula is C21H21FN4O. The minimum absolute atomic E-state index is 0.128. The summed E-state index contributed by atoms with van der Waals surface area (Å²) in [6, 6.07) is 14.6. The van der Waals surface area contributed by atoms with E-state index in [1.807, 2.05) is 6.07 Å². The highest BCUT2D eigenvalue weighted by molar-refractivity contribution is 5.58. The second kappa shape index (κ2) is 7.32. The first kappa shape index (κ1) is 17.4. The van der Waals surface area contributed by atoms with E-state index in [2.05, 4.69) is 45.3 Å². The molecule has 0 radical (unpaired) electrons. The number of hydrogen-bond donors (Lipinski definition) is 2. The molecule has 5 nitrogen and oxygen atoms in total. The second-order valence-electron chi connectivity index (χ2n) is 6.65. The summed E-state index contributed by atoms with van der Waals surface area (Å²) < 4.78 is 13.1. The minimum Gasteiger partial charge on any atom is -0.391 e. The van der Waals surface area contributed by atoms with E-state index in [1.54, 1.807) is 18.3 Å². The molecule has 27 heavy (non-hydrogen) atoms. The number of hydrogen-bond acceptors (Lipinski definition) is 5. The topological polar surface area (TPSA) is 61.3 Å². The van der Waals surface area contributed by atoms with E-state index < -0.39 is 0 Å². The smallest absolute Gasteiger partial charge is 0.229 e. The fourth-order valence-corrected chi connectivity index (χ4v) is 3.54. The lowest BCUT2D eigenvalue weighted by molar-refractivity contribution is 0.281. The molecule has 3 aromatic rings. The maximum absolute atomic E-state index is 13.1. The first-order valence-electron chi connectivity index (χ1n) is 8.99. The maximum Gasteiger partial charge on any atom is 0.229 e. The Balaban J connectivity index is 1.66. The predicted molar refractivity (Wildman–Crippen MR) is 104 cm³/mol. The minimum atomic E-state index is -0.293. The van der Waals surface area contributed by atoms with Crippen molar-refractivity contribution in [3.8, 4) is 0 Å². The summed E-state index contributed by atoms with van der Waals surface area (Å²) in [7, 11) is 0. The molecule has 0 spiro atoms. The molecule has 1 aliphatic heterocycles. The third kappa shape index (κ3) is 3.48. The van der Waals surface area contributed by atoms with Crippen molar-refractivity contribution in [1.29, 1.82) is 0 Å².